The Kier molecular flexibility index (Phi) is 7.49. The van der Waals surface area contributed by atoms with Crippen molar-refractivity contribution in [3.8, 4) is 0 Å². The van der Waals surface area contributed by atoms with Crippen LogP contribution in [0.4, 0.5) is 0 Å². The van der Waals surface area contributed by atoms with E-state index in [4.69, 9.17) is 11.6 Å². The number of nitrogens with zero attached hydrogens (tertiary/aromatic N) is 3. The first kappa shape index (κ1) is 20.8. The predicted molar refractivity (Wildman–Crippen MR) is 115 cm³/mol. The van der Waals surface area contributed by atoms with Crippen LogP contribution in [0.1, 0.15) is 31.0 Å². The number of carbonyl (C=O) groups is 1. The molecular formula is C23H30ClN3O. The van der Waals surface area contributed by atoms with E-state index in [1.807, 2.05) is 47.4 Å². The number of carbonyl (C=O) groups excluding carboxylic acids is 1. The number of rotatable bonds is 8. The number of amides is 1. The molecule has 3 rings (SSSR count). The van der Waals surface area contributed by atoms with Crippen LogP contribution in [0.5, 0.6) is 0 Å². The molecule has 0 radical (unpaired) electrons. The van der Waals surface area contributed by atoms with Crippen molar-refractivity contribution in [2.45, 2.75) is 26.4 Å². The summed E-state index contributed by atoms with van der Waals surface area (Å²) >= 11 is 6.03. The molecule has 2 aromatic rings. The largest absolute Gasteiger partial charge is 0.338 e. The van der Waals surface area contributed by atoms with Crippen LogP contribution in [0.3, 0.4) is 0 Å². The van der Waals surface area contributed by atoms with Gasteiger partial charge in [-0.2, -0.15) is 0 Å². The highest BCUT2D eigenvalue weighted by Gasteiger charge is 2.35. The highest BCUT2D eigenvalue weighted by Crippen LogP contribution is 2.28. The second-order valence-electron chi connectivity index (χ2n) is 7.26. The van der Waals surface area contributed by atoms with Crippen molar-refractivity contribution >= 4 is 17.5 Å². The molecule has 0 bridgehead atoms. The Bertz CT molecular complexity index is 746. The fourth-order valence-electron chi connectivity index (χ4n) is 3.82. The molecule has 0 aromatic heterocycles. The first-order valence-corrected chi connectivity index (χ1v) is 10.5. The van der Waals surface area contributed by atoms with Crippen LogP contribution in [0.25, 0.3) is 0 Å². The van der Waals surface area contributed by atoms with Crippen LogP contribution in [0, 0.1) is 0 Å². The van der Waals surface area contributed by atoms with Gasteiger partial charge in [0.25, 0.3) is 0 Å². The molecule has 2 aromatic carbocycles. The van der Waals surface area contributed by atoms with Gasteiger partial charge in [-0.25, -0.2) is 0 Å². The van der Waals surface area contributed by atoms with Gasteiger partial charge in [-0.05, 0) is 36.3 Å². The van der Waals surface area contributed by atoms with Crippen molar-refractivity contribution in [1.29, 1.82) is 0 Å². The lowest BCUT2D eigenvalue weighted by Gasteiger charge is -2.41. The second-order valence-corrected chi connectivity index (χ2v) is 7.70. The van der Waals surface area contributed by atoms with Gasteiger partial charge < -0.3 is 9.80 Å². The predicted octanol–water partition coefficient (Wildman–Crippen LogP) is 4.07. The van der Waals surface area contributed by atoms with Crippen LogP contribution < -0.4 is 0 Å². The fourth-order valence-corrected chi connectivity index (χ4v) is 3.95. The molecule has 1 aliphatic heterocycles. The van der Waals surface area contributed by atoms with Gasteiger partial charge >= 0.3 is 0 Å². The SMILES string of the molecule is CCN(CC)CCN1CCN(Cc2ccc(Cl)cc2)C(c2ccccc2)C1=O. The van der Waals surface area contributed by atoms with Gasteiger partial charge in [-0.15, -0.1) is 0 Å². The van der Waals surface area contributed by atoms with Gasteiger partial charge in [0.15, 0.2) is 0 Å². The maximum absolute atomic E-state index is 13.4. The number of hydrogen-bond donors (Lipinski definition) is 0. The molecule has 0 N–H and O–H groups in total. The maximum atomic E-state index is 13.4. The van der Waals surface area contributed by atoms with Crippen molar-refractivity contribution in [3.05, 3.63) is 70.7 Å². The minimum Gasteiger partial charge on any atom is -0.338 e. The Morgan fingerprint density at radius 1 is 1.00 bits per heavy atom. The van der Waals surface area contributed by atoms with E-state index in [-0.39, 0.29) is 11.9 Å². The number of benzene rings is 2. The van der Waals surface area contributed by atoms with Crippen molar-refractivity contribution in [2.75, 3.05) is 39.3 Å². The van der Waals surface area contributed by atoms with Gasteiger partial charge in [0, 0.05) is 37.7 Å². The van der Waals surface area contributed by atoms with E-state index in [2.05, 4.69) is 35.8 Å². The highest BCUT2D eigenvalue weighted by molar-refractivity contribution is 6.30. The summed E-state index contributed by atoms with van der Waals surface area (Å²) in [7, 11) is 0. The van der Waals surface area contributed by atoms with E-state index >= 15 is 0 Å². The highest BCUT2D eigenvalue weighted by atomic mass is 35.5. The lowest BCUT2D eigenvalue weighted by molar-refractivity contribution is -0.142. The van der Waals surface area contributed by atoms with Crippen LogP contribution in [-0.4, -0.2) is 59.9 Å². The van der Waals surface area contributed by atoms with E-state index in [9.17, 15) is 4.79 Å². The lowest BCUT2D eigenvalue weighted by atomic mass is 10.0. The van der Waals surface area contributed by atoms with Gasteiger partial charge in [0.05, 0.1) is 0 Å². The molecule has 4 nitrogen and oxygen atoms in total. The van der Waals surface area contributed by atoms with Crippen LogP contribution >= 0.6 is 11.6 Å². The Hall–Kier alpha value is -1.88. The topological polar surface area (TPSA) is 26.8 Å². The first-order chi connectivity index (χ1) is 13.6. The summed E-state index contributed by atoms with van der Waals surface area (Å²) in [6.07, 6.45) is 0. The van der Waals surface area contributed by atoms with Crippen molar-refractivity contribution < 1.29 is 4.79 Å². The Balaban J connectivity index is 1.77. The van der Waals surface area contributed by atoms with Crippen molar-refractivity contribution in [2.24, 2.45) is 0 Å². The average molecular weight is 400 g/mol. The summed E-state index contributed by atoms with van der Waals surface area (Å²) in [5, 5.41) is 0.737. The summed E-state index contributed by atoms with van der Waals surface area (Å²) in [5.41, 5.74) is 2.24. The van der Waals surface area contributed by atoms with E-state index in [1.54, 1.807) is 0 Å². The Morgan fingerprint density at radius 3 is 2.32 bits per heavy atom. The molecule has 1 fully saturated rings. The average Bonchev–Trinajstić information content (AvgIpc) is 2.72. The monoisotopic (exact) mass is 399 g/mol. The standard InChI is InChI=1S/C23H30ClN3O/c1-3-25(4-2)14-15-26-16-17-27(18-19-10-12-21(24)13-11-19)22(23(26)28)20-8-6-5-7-9-20/h5-13,22H,3-4,14-18H2,1-2H3. The number of hydrogen-bond acceptors (Lipinski definition) is 3. The molecule has 150 valence electrons. The normalized spacial score (nSPS) is 18.1. The molecule has 1 aliphatic rings. The lowest BCUT2D eigenvalue weighted by Crippen LogP contribution is -2.53. The maximum Gasteiger partial charge on any atom is 0.244 e. The smallest absolute Gasteiger partial charge is 0.244 e. The molecular weight excluding hydrogens is 370 g/mol. The van der Waals surface area contributed by atoms with Crippen LogP contribution in [0.2, 0.25) is 5.02 Å². The summed E-state index contributed by atoms with van der Waals surface area (Å²) in [5.74, 6) is 0.207. The van der Waals surface area contributed by atoms with Crippen LogP contribution in [-0.2, 0) is 11.3 Å². The van der Waals surface area contributed by atoms with Gasteiger partial charge in [-0.1, -0.05) is 67.9 Å². The van der Waals surface area contributed by atoms with Gasteiger partial charge in [0.1, 0.15) is 6.04 Å². The Labute approximate surface area is 173 Å². The molecule has 5 heteroatoms. The minimum atomic E-state index is -0.234. The van der Waals surface area contributed by atoms with E-state index in [0.29, 0.717) is 0 Å². The van der Waals surface area contributed by atoms with Gasteiger partial charge in [0.2, 0.25) is 5.91 Å². The third-order valence-electron chi connectivity index (χ3n) is 5.56. The zero-order chi connectivity index (χ0) is 19.9. The molecule has 1 atom stereocenters. The van der Waals surface area contributed by atoms with E-state index < -0.39 is 0 Å². The zero-order valence-corrected chi connectivity index (χ0v) is 17.6. The Morgan fingerprint density at radius 2 is 1.68 bits per heavy atom. The van der Waals surface area contributed by atoms with Crippen molar-refractivity contribution in [1.82, 2.24) is 14.7 Å². The summed E-state index contributed by atoms with van der Waals surface area (Å²) in [4.78, 5) is 20.1. The third kappa shape index (κ3) is 5.13. The molecule has 0 saturated carbocycles. The third-order valence-corrected chi connectivity index (χ3v) is 5.81. The summed E-state index contributed by atoms with van der Waals surface area (Å²) in [6.45, 7) is 10.5. The molecule has 1 heterocycles. The molecule has 1 saturated heterocycles. The van der Waals surface area contributed by atoms with Gasteiger partial charge in [-0.3, -0.25) is 9.69 Å². The van der Waals surface area contributed by atoms with E-state index in [0.717, 1.165) is 56.4 Å². The quantitative estimate of drug-likeness (QED) is 0.669. The fraction of sp³-hybridized carbons (Fsp3) is 0.435. The molecule has 0 spiro atoms. The molecule has 1 amide bonds. The second kappa shape index (κ2) is 10.1. The molecule has 28 heavy (non-hydrogen) atoms. The number of likely N-dealkylation sites (N-methyl/N-ethyl adjacent to an activating group) is 1. The zero-order valence-electron chi connectivity index (χ0n) is 16.9. The number of halogens is 1. The van der Waals surface area contributed by atoms with E-state index in [1.165, 1.54) is 5.56 Å². The first-order valence-electron chi connectivity index (χ1n) is 10.2. The summed E-state index contributed by atoms with van der Waals surface area (Å²) < 4.78 is 0. The summed E-state index contributed by atoms with van der Waals surface area (Å²) in [6, 6.07) is 17.8. The molecule has 0 aliphatic carbocycles. The molecule has 1 unspecified atom stereocenters. The number of piperazine rings is 1. The minimum absolute atomic E-state index is 0.207. The van der Waals surface area contributed by atoms with Crippen molar-refractivity contribution in [3.63, 3.8) is 0 Å². The van der Waals surface area contributed by atoms with Crippen LogP contribution in [0.15, 0.2) is 54.6 Å².